The molecule has 0 amide bonds. The largest absolute Gasteiger partial charge is 0.385 e. The highest BCUT2D eigenvalue weighted by Crippen LogP contribution is 2.40. The minimum atomic E-state index is 0.386. The molecule has 24 heavy (non-hydrogen) atoms. The summed E-state index contributed by atoms with van der Waals surface area (Å²) in [5.74, 6) is 1.55. The van der Waals surface area contributed by atoms with Crippen LogP contribution in [0.5, 0.6) is 0 Å². The molecule has 0 saturated heterocycles. The quantitative estimate of drug-likeness (QED) is 0.597. The van der Waals surface area contributed by atoms with Gasteiger partial charge in [-0.3, -0.25) is 4.99 Å². The lowest BCUT2D eigenvalue weighted by Gasteiger charge is -2.32. The molecule has 0 heterocycles. The molecular weight excluding hydrogens is 298 g/mol. The van der Waals surface area contributed by atoms with Crippen molar-refractivity contribution in [1.82, 2.24) is 10.6 Å². The Hall–Kier alpha value is -1.55. The van der Waals surface area contributed by atoms with Gasteiger partial charge in [0.1, 0.15) is 0 Å². The summed E-state index contributed by atoms with van der Waals surface area (Å²) >= 11 is 0. The SMILES string of the molecule is CN=C(NCC1Cc2ccccc21)NCC1(CCOC)CCCC1. The number of nitrogens with zero attached hydrogens (tertiary/aromatic N) is 1. The van der Waals surface area contributed by atoms with Crippen LogP contribution >= 0.6 is 0 Å². The van der Waals surface area contributed by atoms with Gasteiger partial charge >= 0.3 is 0 Å². The van der Waals surface area contributed by atoms with Gasteiger partial charge in [0.25, 0.3) is 0 Å². The molecule has 1 aromatic carbocycles. The fourth-order valence-electron chi connectivity index (χ4n) is 4.22. The van der Waals surface area contributed by atoms with E-state index in [1.165, 1.54) is 43.2 Å². The van der Waals surface area contributed by atoms with Crippen molar-refractivity contribution in [2.45, 2.75) is 44.4 Å². The smallest absolute Gasteiger partial charge is 0.191 e. The Bertz CT molecular complexity index is 564. The molecule has 1 saturated carbocycles. The van der Waals surface area contributed by atoms with Crippen molar-refractivity contribution in [3.63, 3.8) is 0 Å². The Balaban J connectivity index is 1.47. The summed E-state index contributed by atoms with van der Waals surface area (Å²) in [7, 11) is 3.66. The maximum Gasteiger partial charge on any atom is 0.191 e. The maximum atomic E-state index is 5.32. The van der Waals surface area contributed by atoms with E-state index < -0.39 is 0 Å². The molecule has 1 unspecified atom stereocenters. The normalized spacial score (nSPS) is 21.9. The number of rotatable bonds is 7. The van der Waals surface area contributed by atoms with E-state index in [1.54, 1.807) is 7.11 Å². The van der Waals surface area contributed by atoms with Gasteiger partial charge in [-0.2, -0.15) is 0 Å². The zero-order chi connectivity index (χ0) is 16.8. The van der Waals surface area contributed by atoms with Crippen molar-refractivity contribution in [2.75, 3.05) is 33.9 Å². The summed E-state index contributed by atoms with van der Waals surface area (Å²) in [6, 6.07) is 8.75. The molecule has 132 valence electrons. The zero-order valence-corrected chi connectivity index (χ0v) is 15.1. The third-order valence-corrected chi connectivity index (χ3v) is 5.83. The number of guanidine groups is 1. The molecule has 2 N–H and O–H groups in total. The van der Waals surface area contributed by atoms with Crippen molar-refractivity contribution in [2.24, 2.45) is 10.4 Å². The maximum absolute atomic E-state index is 5.32. The highest BCUT2D eigenvalue weighted by molar-refractivity contribution is 5.79. The van der Waals surface area contributed by atoms with E-state index >= 15 is 0 Å². The third kappa shape index (κ3) is 3.92. The van der Waals surface area contributed by atoms with Crippen LogP contribution in [0, 0.1) is 5.41 Å². The van der Waals surface area contributed by atoms with Crippen LogP contribution in [-0.2, 0) is 11.2 Å². The van der Waals surface area contributed by atoms with Gasteiger partial charge in [-0.1, -0.05) is 37.1 Å². The summed E-state index contributed by atoms with van der Waals surface area (Å²) in [4.78, 5) is 4.41. The van der Waals surface area contributed by atoms with E-state index in [4.69, 9.17) is 4.74 Å². The Morgan fingerprint density at radius 2 is 2.04 bits per heavy atom. The first-order chi connectivity index (χ1) is 11.8. The monoisotopic (exact) mass is 329 g/mol. The second kappa shape index (κ2) is 8.02. The Labute approximate surface area is 146 Å². The molecule has 3 rings (SSSR count). The lowest BCUT2D eigenvalue weighted by Crippen LogP contribution is -2.45. The predicted octanol–water partition coefficient (Wildman–Crippen LogP) is 3.09. The molecule has 1 fully saturated rings. The first-order valence-electron chi connectivity index (χ1n) is 9.28. The summed E-state index contributed by atoms with van der Waals surface area (Å²) in [6.45, 7) is 2.81. The molecule has 2 aliphatic rings. The predicted molar refractivity (Wildman–Crippen MR) is 99.6 cm³/mol. The van der Waals surface area contributed by atoms with Crippen molar-refractivity contribution in [3.05, 3.63) is 35.4 Å². The number of fused-ring (bicyclic) bond motifs is 1. The second-order valence-corrected chi connectivity index (χ2v) is 7.36. The molecule has 4 heteroatoms. The van der Waals surface area contributed by atoms with Gasteiger partial charge in [-0.15, -0.1) is 0 Å². The standard InChI is InChI=1S/C20H31N3O/c1-21-19(22-14-17-13-16-7-3-4-8-18(16)17)23-15-20(11-12-24-2)9-5-6-10-20/h3-4,7-8,17H,5-6,9-15H2,1-2H3,(H2,21,22,23). The van der Waals surface area contributed by atoms with Crippen molar-refractivity contribution >= 4 is 5.96 Å². The number of ether oxygens (including phenoxy) is 1. The van der Waals surface area contributed by atoms with E-state index in [9.17, 15) is 0 Å². The van der Waals surface area contributed by atoms with Crippen LogP contribution in [0.1, 0.15) is 49.1 Å². The number of methoxy groups -OCH3 is 1. The van der Waals surface area contributed by atoms with E-state index in [0.717, 1.165) is 32.1 Å². The van der Waals surface area contributed by atoms with Crippen LogP contribution in [0.4, 0.5) is 0 Å². The van der Waals surface area contributed by atoms with Crippen molar-refractivity contribution in [1.29, 1.82) is 0 Å². The summed E-state index contributed by atoms with van der Waals surface area (Å²) in [6.07, 6.45) is 7.61. The molecule has 4 nitrogen and oxygen atoms in total. The molecule has 0 radical (unpaired) electrons. The summed E-state index contributed by atoms with van der Waals surface area (Å²) < 4.78 is 5.32. The van der Waals surface area contributed by atoms with Crippen molar-refractivity contribution < 1.29 is 4.74 Å². The highest BCUT2D eigenvalue weighted by atomic mass is 16.5. The molecule has 1 atom stereocenters. The molecular formula is C20H31N3O. The average Bonchev–Trinajstić information content (AvgIpc) is 3.06. The first-order valence-corrected chi connectivity index (χ1v) is 9.28. The van der Waals surface area contributed by atoms with Crippen LogP contribution in [0.2, 0.25) is 0 Å². The lowest BCUT2D eigenvalue weighted by atomic mass is 9.78. The van der Waals surface area contributed by atoms with Gasteiger partial charge in [0.15, 0.2) is 5.96 Å². The van der Waals surface area contributed by atoms with Gasteiger partial charge in [-0.25, -0.2) is 0 Å². The average molecular weight is 329 g/mol. The van der Waals surface area contributed by atoms with Gasteiger partial charge in [0, 0.05) is 39.8 Å². The summed E-state index contributed by atoms with van der Waals surface area (Å²) in [5.41, 5.74) is 3.38. The van der Waals surface area contributed by atoms with Crippen LogP contribution in [-0.4, -0.2) is 39.8 Å². The zero-order valence-electron chi connectivity index (χ0n) is 15.1. The molecule has 0 aliphatic heterocycles. The Kier molecular flexibility index (Phi) is 5.77. The fourth-order valence-corrected chi connectivity index (χ4v) is 4.22. The van der Waals surface area contributed by atoms with Gasteiger partial charge < -0.3 is 15.4 Å². The Morgan fingerprint density at radius 3 is 2.75 bits per heavy atom. The van der Waals surface area contributed by atoms with Gasteiger partial charge in [0.2, 0.25) is 0 Å². The van der Waals surface area contributed by atoms with E-state index in [1.807, 2.05) is 7.05 Å². The van der Waals surface area contributed by atoms with Crippen LogP contribution in [0.25, 0.3) is 0 Å². The third-order valence-electron chi connectivity index (χ3n) is 5.83. The first kappa shape index (κ1) is 17.3. The number of nitrogens with one attached hydrogen (secondary N) is 2. The Morgan fingerprint density at radius 1 is 1.25 bits per heavy atom. The number of hydrogen-bond donors (Lipinski definition) is 2. The minimum Gasteiger partial charge on any atom is -0.385 e. The van der Waals surface area contributed by atoms with Crippen LogP contribution in [0.15, 0.2) is 29.3 Å². The molecule has 2 aliphatic carbocycles. The van der Waals surface area contributed by atoms with E-state index in [2.05, 4.69) is 39.9 Å². The topological polar surface area (TPSA) is 45.7 Å². The van der Waals surface area contributed by atoms with Gasteiger partial charge in [0.05, 0.1) is 0 Å². The highest BCUT2D eigenvalue weighted by Gasteiger charge is 2.33. The minimum absolute atomic E-state index is 0.386. The second-order valence-electron chi connectivity index (χ2n) is 7.36. The number of aliphatic imine (C=N–C) groups is 1. The van der Waals surface area contributed by atoms with E-state index in [0.29, 0.717) is 11.3 Å². The van der Waals surface area contributed by atoms with Crippen molar-refractivity contribution in [3.8, 4) is 0 Å². The summed E-state index contributed by atoms with van der Waals surface area (Å²) in [5, 5.41) is 7.09. The molecule has 0 spiro atoms. The number of benzene rings is 1. The molecule has 0 bridgehead atoms. The van der Waals surface area contributed by atoms with Crippen LogP contribution in [0.3, 0.4) is 0 Å². The van der Waals surface area contributed by atoms with Crippen LogP contribution < -0.4 is 10.6 Å². The van der Waals surface area contributed by atoms with E-state index in [-0.39, 0.29) is 0 Å². The molecule has 0 aromatic heterocycles. The van der Waals surface area contributed by atoms with Gasteiger partial charge in [-0.05, 0) is 42.2 Å². The fraction of sp³-hybridized carbons (Fsp3) is 0.650. The number of hydrogen-bond acceptors (Lipinski definition) is 2. The lowest BCUT2D eigenvalue weighted by molar-refractivity contribution is 0.138. The molecule has 1 aromatic rings.